The van der Waals surface area contributed by atoms with Crippen molar-refractivity contribution in [3.63, 3.8) is 0 Å². The van der Waals surface area contributed by atoms with Gasteiger partial charge in [0.2, 0.25) is 17.6 Å². The van der Waals surface area contributed by atoms with Crippen LogP contribution in [0.4, 0.5) is 0 Å². The molecule has 0 spiro atoms. The molecule has 1 saturated carbocycles. The first-order chi connectivity index (χ1) is 13.0. The van der Waals surface area contributed by atoms with E-state index >= 15 is 0 Å². The third-order valence-corrected chi connectivity index (χ3v) is 5.42. The van der Waals surface area contributed by atoms with Crippen molar-refractivity contribution < 1.29 is 9.32 Å². The molecule has 1 aliphatic carbocycles. The average Bonchev–Trinajstić information content (AvgIpc) is 3.32. The van der Waals surface area contributed by atoms with E-state index in [-0.39, 0.29) is 11.9 Å². The lowest BCUT2D eigenvalue weighted by Crippen LogP contribution is -2.43. The van der Waals surface area contributed by atoms with Crippen molar-refractivity contribution in [2.75, 3.05) is 0 Å². The monoisotopic (exact) mass is 369 g/mol. The second kappa shape index (κ2) is 8.68. The Morgan fingerprint density at radius 3 is 2.41 bits per heavy atom. The van der Waals surface area contributed by atoms with Gasteiger partial charge in [-0.15, -0.1) is 0 Å². The minimum Gasteiger partial charge on any atom is -0.339 e. The van der Waals surface area contributed by atoms with E-state index in [2.05, 4.69) is 54.9 Å². The van der Waals surface area contributed by atoms with Crippen molar-refractivity contribution in [2.45, 2.75) is 84.2 Å². The minimum absolute atomic E-state index is 0.193. The summed E-state index contributed by atoms with van der Waals surface area (Å²) in [6, 6.07) is 8.88. The SMILES string of the molecule is CC(C)c1ccc(-c2noc(CCC(=O)N(C(C)C)C3CCCC3)n2)cc1. The molecule has 0 atom stereocenters. The normalized spacial score (nSPS) is 15.0. The van der Waals surface area contributed by atoms with E-state index in [1.54, 1.807) is 0 Å². The zero-order valence-electron chi connectivity index (χ0n) is 16.9. The molecule has 0 radical (unpaired) electrons. The first-order valence-electron chi connectivity index (χ1n) is 10.2. The molecule has 0 bridgehead atoms. The average molecular weight is 370 g/mol. The molecule has 1 aromatic heterocycles. The number of rotatable bonds is 7. The summed E-state index contributed by atoms with van der Waals surface area (Å²) in [4.78, 5) is 19.3. The Hall–Kier alpha value is -2.17. The molecular weight excluding hydrogens is 338 g/mol. The van der Waals surface area contributed by atoms with Crippen molar-refractivity contribution in [3.05, 3.63) is 35.7 Å². The Bertz CT molecular complexity index is 743. The molecule has 5 nitrogen and oxygen atoms in total. The highest BCUT2D eigenvalue weighted by Crippen LogP contribution is 2.26. The van der Waals surface area contributed by atoms with E-state index in [4.69, 9.17) is 4.52 Å². The van der Waals surface area contributed by atoms with Crippen LogP contribution in [-0.2, 0) is 11.2 Å². The number of aryl methyl sites for hydroxylation is 1. The zero-order chi connectivity index (χ0) is 19.4. The molecule has 1 aliphatic rings. The summed E-state index contributed by atoms with van der Waals surface area (Å²) in [5.41, 5.74) is 2.23. The Balaban J connectivity index is 1.61. The number of benzene rings is 1. The molecule has 1 aromatic carbocycles. The lowest BCUT2D eigenvalue weighted by molar-refractivity contribution is -0.135. The maximum absolute atomic E-state index is 12.8. The summed E-state index contributed by atoms with van der Waals surface area (Å²) in [5, 5.41) is 4.09. The lowest BCUT2D eigenvalue weighted by atomic mass is 10.0. The Kier molecular flexibility index (Phi) is 6.30. The Morgan fingerprint density at radius 1 is 1.15 bits per heavy atom. The first kappa shape index (κ1) is 19.6. The van der Waals surface area contributed by atoms with Crippen LogP contribution in [0.25, 0.3) is 11.4 Å². The Labute approximate surface area is 162 Å². The van der Waals surface area contributed by atoms with Crippen LogP contribution in [0.5, 0.6) is 0 Å². The molecule has 146 valence electrons. The number of carbonyl (C=O) groups is 1. The van der Waals surface area contributed by atoms with Gasteiger partial charge in [-0.1, -0.05) is 56.1 Å². The van der Waals surface area contributed by atoms with Gasteiger partial charge >= 0.3 is 0 Å². The van der Waals surface area contributed by atoms with Gasteiger partial charge in [-0.2, -0.15) is 4.98 Å². The van der Waals surface area contributed by atoms with Gasteiger partial charge in [0.15, 0.2) is 0 Å². The van der Waals surface area contributed by atoms with Crippen LogP contribution in [0.15, 0.2) is 28.8 Å². The molecule has 2 aromatic rings. The highest BCUT2D eigenvalue weighted by atomic mass is 16.5. The quantitative estimate of drug-likeness (QED) is 0.691. The fourth-order valence-corrected chi connectivity index (χ4v) is 3.93. The maximum atomic E-state index is 12.8. The summed E-state index contributed by atoms with van der Waals surface area (Å²) in [6.45, 7) is 8.54. The number of hydrogen-bond acceptors (Lipinski definition) is 4. The van der Waals surface area contributed by atoms with E-state index in [0.717, 1.165) is 18.4 Å². The maximum Gasteiger partial charge on any atom is 0.227 e. The summed E-state index contributed by atoms with van der Waals surface area (Å²) >= 11 is 0. The fraction of sp³-hybridized carbons (Fsp3) is 0.591. The number of nitrogens with zero attached hydrogens (tertiary/aromatic N) is 3. The molecule has 0 aliphatic heterocycles. The first-order valence-corrected chi connectivity index (χ1v) is 10.2. The van der Waals surface area contributed by atoms with E-state index < -0.39 is 0 Å². The van der Waals surface area contributed by atoms with E-state index in [1.165, 1.54) is 18.4 Å². The van der Waals surface area contributed by atoms with Crippen LogP contribution >= 0.6 is 0 Å². The van der Waals surface area contributed by atoms with Gasteiger partial charge in [0.25, 0.3) is 0 Å². The molecule has 27 heavy (non-hydrogen) atoms. The van der Waals surface area contributed by atoms with Gasteiger partial charge in [0.1, 0.15) is 0 Å². The second-order valence-electron chi connectivity index (χ2n) is 8.12. The molecule has 1 fully saturated rings. The number of amides is 1. The molecule has 0 unspecified atom stereocenters. The molecule has 5 heteroatoms. The van der Waals surface area contributed by atoms with Crippen molar-refractivity contribution in [1.82, 2.24) is 15.0 Å². The minimum atomic E-state index is 0.193. The van der Waals surface area contributed by atoms with Crippen molar-refractivity contribution in [3.8, 4) is 11.4 Å². The molecule has 0 N–H and O–H groups in total. The van der Waals surface area contributed by atoms with Crippen LogP contribution in [0.3, 0.4) is 0 Å². The van der Waals surface area contributed by atoms with Gasteiger partial charge in [-0.05, 0) is 38.2 Å². The van der Waals surface area contributed by atoms with Gasteiger partial charge in [-0.3, -0.25) is 4.79 Å². The summed E-state index contributed by atoms with van der Waals surface area (Å²) < 4.78 is 5.38. The molecule has 3 rings (SSSR count). The number of aromatic nitrogens is 2. The summed E-state index contributed by atoms with van der Waals surface area (Å²) in [6.07, 6.45) is 5.62. The predicted molar refractivity (Wildman–Crippen MR) is 106 cm³/mol. The number of carbonyl (C=O) groups excluding carboxylic acids is 1. The van der Waals surface area contributed by atoms with Crippen molar-refractivity contribution in [2.24, 2.45) is 0 Å². The zero-order valence-corrected chi connectivity index (χ0v) is 16.9. The predicted octanol–water partition coefficient (Wildman–Crippen LogP) is 4.97. The van der Waals surface area contributed by atoms with Crippen LogP contribution < -0.4 is 0 Å². The molecular formula is C22H31N3O2. The van der Waals surface area contributed by atoms with E-state index in [1.807, 2.05) is 12.1 Å². The van der Waals surface area contributed by atoms with Crippen molar-refractivity contribution in [1.29, 1.82) is 0 Å². The second-order valence-corrected chi connectivity index (χ2v) is 8.12. The molecule has 1 heterocycles. The summed E-state index contributed by atoms with van der Waals surface area (Å²) in [5.74, 6) is 1.80. The fourth-order valence-electron chi connectivity index (χ4n) is 3.93. The van der Waals surface area contributed by atoms with Gasteiger partial charge < -0.3 is 9.42 Å². The topological polar surface area (TPSA) is 59.2 Å². The molecule has 1 amide bonds. The van der Waals surface area contributed by atoms with Crippen LogP contribution in [0.1, 0.15) is 77.2 Å². The third kappa shape index (κ3) is 4.76. The van der Waals surface area contributed by atoms with E-state index in [0.29, 0.717) is 36.5 Å². The van der Waals surface area contributed by atoms with Crippen LogP contribution in [0.2, 0.25) is 0 Å². The Morgan fingerprint density at radius 2 is 1.81 bits per heavy atom. The summed E-state index contributed by atoms with van der Waals surface area (Å²) in [7, 11) is 0. The van der Waals surface area contributed by atoms with Crippen molar-refractivity contribution >= 4 is 5.91 Å². The van der Waals surface area contributed by atoms with Gasteiger partial charge in [-0.25, -0.2) is 0 Å². The third-order valence-electron chi connectivity index (χ3n) is 5.42. The highest BCUT2D eigenvalue weighted by molar-refractivity contribution is 5.77. The largest absolute Gasteiger partial charge is 0.339 e. The van der Waals surface area contributed by atoms with Gasteiger partial charge in [0, 0.05) is 30.5 Å². The highest BCUT2D eigenvalue weighted by Gasteiger charge is 2.28. The standard InChI is InChI=1S/C22H31N3O2/c1-15(2)17-9-11-18(12-10-17)22-23-20(27-24-22)13-14-21(26)25(16(3)4)19-7-5-6-8-19/h9-12,15-16,19H,5-8,13-14H2,1-4H3. The lowest BCUT2D eigenvalue weighted by Gasteiger charge is -2.32. The smallest absolute Gasteiger partial charge is 0.227 e. The van der Waals surface area contributed by atoms with E-state index in [9.17, 15) is 4.79 Å². The molecule has 0 saturated heterocycles. The number of hydrogen-bond donors (Lipinski definition) is 0. The van der Waals surface area contributed by atoms with Gasteiger partial charge in [0.05, 0.1) is 0 Å². The van der Waals surface area contributed by atoms with Crippen LogP contribution in [0, 0.1) is 0 Å². The van der Waals surface area contributed by atoms with Crippen LogP contribution in [-0.4, -0.2) is 33.0 Å².